The molecule has 144 valence electrons. The smallest absolute Gasteiger partial charge is 0.251 e. The van der Waals surface area contributed by atoms with E-state index in [-0.39, 0.29) is 30.6 Å². The number of rotatable bonds is 7. The number of amides is 2. The Kier molecular flexibility index (Phi) is 6.49. The van der Waals surface area contributed by atoms with Gasteiger partial charge >= 0.3 is 0 Å². The highest BCUT2D eigenvalue weighted by Gasteiger charge is 2.10. The van der Waals surface area contributed by atoms with Crippen LogP contribution in [0.1, 0.15) is 32.8 Å². The first kappa shape index (κ1) is 19.7. The van der Waals surface area contributed by atoms with Gasteiger partial charge in [-0.1, -0.05) is 30.3 Å². The van der Waals surface area contributed by atoms with Gasteiger partial charge in [0.05, 0.1) is 0 Å². The Morgan fingerprint density at radius 3 is 2.75 bits per heavy atom. The zero-order valence-corrected chi connectivity index (χ0v) is 16.2. The second-order valence-electron chi connectivity index (χ2n) is 6.31. The molecule has 0 radical (unpaired) electrons. The second kappa shape index (κ2) is 9.23. The van der Waals surface area contributed by atoms with Crippen LogP contribution < -0.4 is 10.6 Å². The fourth-order valence-corrected chi connectivity index (χ4v) is 3.55. The van der Waals surface area contributed by atoms with Crippen molar-refractivity contribution < 1.29 is 14.0 Å². The zero-order chi connectivity index (χ0) is 19.9. The highest BCUT2D eigenvalue weighted by molar-refractivity contribution is 7.15. The van der Waals surface area contributed by atoms with Crippen molar-refractivity contribution in [1.82, 2.24) is 10.3 Å². The van der Waals surface area contributed by atoms with Crippen molar-refractivity contribution >= 4 is 28.3 Å². The number of carbonyl (C=O) groups excluding carboxylic acids is 2. The van der Waals surface area contributed by atoms with Gasteiger partial charge in [-0.05, 0) is 36.2 Å². The molecule has 0 unspecified atom stereocenters. The third kappa shape index (κ3) is 5.47. The first-order valence-electron chi connectivity index (χ1n) is 8.84. The summed E-state index contributed by atoms with van der Waals surface area (Å²) in [7, 11) is 0. The Morgan fingerprint density at radius 2 is 1.96 bits per heavy atom. The topological polar surface area (TPSA) is 71.1 Å². The predicted octanol–water partition coefficient (Wildman–Crippen LogP) is 3.94. The largest absolute Gasteiger partial charge is 0.352 e. The van der Waals surface area contributed by atoms with Gasteiger partial charge in [0.1, 0.15) is 5.82 Å². The summed E-state index contributed by atoms with van der Waals surface area (Å²) >= 11 is 1.35. The SMILES string of the molecule is Cc1ccccc1C(=O)NCCC(=O)Nc1ncc(Cc2cccc(F)c2)s1. The molecule has 0 aliphatic rings. The molecule has 0 saturated heterocycles. The molecule has 5 nitrogen and oxygen atoms in total. The van der Waals surface area contributed by atoms with Crippen LogP contribution >= 0.6 is 11.3 Å². The maximum Gasteiger partial charge on any atom is 0.251 e. The van der Waals surface area contributed by atoms with Crippen molar-refractivity contribution in [2.45, 2.75) is 19.8 Å². The lowest BCUT2D eigenvalue weighted by atomic mass is 10.1. The van der Waals surface area contributed by atoms with E-state index >= 15 is 0 Å². The van der Waals surface area contributed by atoms with Gasteiger partial charge in [-0.3, -0.25) is 9.59 Å². The van der Waals surface area contributed by atoms with Crippen molar-refractivity contribution in [3.8, 4) is 0 Å². The van der Waals surface area contributed by atoms with Crippen molar-refractivity contribution in [1.29, 1.82) is 0 Å². The van der Waals surface area contributed by atoms with E-state index in [1.807, 2.05) is 25.1 Å². The van der Waals surface area contributed by atoms with Crippen LogP contribution in [0.4, 0.5) is 9.52 Å². The first-order chi connectivity index (χ1) is 13.5. The molecule has 7 heteroatoms. The van der Waals surface area contributed by atoms with E-state index in [0.717, 1.165) is 16.0 Å². The molecule has 0 spiro atoms. The number of benzene rings is 2. The molecular formula is C21H20FN3O2S. The number of hydrogen-bond acceptors (Lipinski definition) is 4. The van der Waals surface area contributed by atoms with Crippen LogP contribution in [-0.2, 0) is 11.2 Å². The van der Waals surface area contributed by atoms with Crippen LogP contribution in [0.2, 0.25) is 0 Å². The second-order valence-corrected chi connectivity index (χ2v) is 7.42. The summed E-state index contributed by atoms with van der Waals surface area (Å²) in [5.41, 5.74) is 2.34. The Labute approximate surface area is 166 Å². The van der Waals surface area contributed by atoms with Gasteiger partial charge in [0, 0.05) is 36.0 Å². The maximum atomic E-state index is 13.3. The Hall–Kier alpha value is -3.06. The molecule has 2 aromatic carbocycles. The van der Waals surface area contributed by atoms with Crippen molar-refractivity contribution in [3.63, 3.8) is 0 Å². The average molecular weight is 397 g/mol. The molecule has 0 aliphatic heterocycles. The summed E-state index contributed by atoms with van der Waals surface area (Å²) in [6, 6.07) is 13.7. The molecule has 2 amide bonds. The lowest BCUT2D eigenvalue weighted by molar-refractivity contribution is -0.116. The fourth-order valence-electron chi connectivity index (χ4n) is 2.69. The van der Waals surface area contributed by atoms with Crippen molar-refractivity contribution in [2.75, 3.05) is 11.9 Å². The minimum atomic E-state index is -0.275. The summed E-state index contributed by atoms with van der Waals surface area (Å²) in [5.74, 6) is -0.697. The van der Waals surface area contributed by atoms with Crippen LogP contribution in [-0.4, -0.2) is 23.3 Å². The normalized spacial score (nSPS) is 10.5. The summed E-state index contributed by atoms with van der Waals surface area (Å²) in [6.07, 6.45) is 2.37. The third-order valence-electron chi connectivity index (χ3n) is 4.09. The molecule has 0 aliphatic carbocycles. The molecule has 3 rings (SSSR count). The van der Waals surface area contributed by atoms with E-state index in [1.54, 1.807) is 24.4 Å². The van der Waals surface area contributed by atoms with Gasteiger partial charge in [-0.25, -0.2) is 9.37 Å². The van der Waals surface area contributed by atoms with Crippen LogP contribution in [0.5, 0.6) is 0 Å². The Bertz CT molecular complexity index is 987. The van der Waals surface area contributed by atoms with E-state index in [2.05, 4.69) is 15.6 Å². The van der Waals surface area contributed by atoms with Gasteiger partial charge < -0.3 is 10.6 Å². The number of aryl methyl sites for hydroxylation is 1. The fraction of sp³-hybridized carbons (Fsp3) is 0.190. The summed E-state index contributed by atoms with van der Waals surface area (Å²) < 4.78 is 13.3. The zero-order valence-electron chi connectivity index (χ0n) is 15.4. The van der Waals surface area contributed by atoms with E-state index in [1.165, 1.54) is 23.5 Å². The standard InChI is InChI=1S/C21H20FN3O2S/c1-14-5-2-3-8-18(14)20(27)23-10-9-19(26)25-21-24-13-17(28-21)12-15-6-4-7-16(22)11-15/h2-8,11,13H,9-10,12H2,1H3,(H,23,27)(H,24,25,26). The number of anilines is 1. The number of aromatic nitrogens is 1. The molecule has 0 bridgehead atoms. The number of halogens is 1. The number of thiazole rings is 1. The van der Waals surface area contributed by atoms with Crippen molar-refractivity contribution in [2.24, 2.45) is 0 Å². The van der Waals surface area contributed by atoms with E-state index < -0.39 is 0 Å². The van der Waals surface area contributed by atoms with E-state index in [0.29, 0.717) is 17.1 Å². The summed E-state index contributed by atoms with van der Waals surface area (Å²) in [6.45, 7) is 2.10. The number of carbonyl (C=O) groups is 2. The summed E-state index contributed by atoms with van der Waals surface area (Å²) in [5, 5.41) is 5.96. The number of hydrogen-bond donors (Lipinski definition) is 2. The molecule has 1 aromatic heterocycles. The number of nitrogens with zero attached hydrogens (tertiary/aromatic N) is 1. The molecule has 2 N–H and O–H groups in total. The average Bonchev–Trinajstić information content (AvgIpc) is 3.08. The highest BCUT2D eigenvalue weighted by Crippen LogP contribution is 2.21. The maximum absolute atomic E-state index is 13.3. The van der Waals surface area contributed by atoms with E-state index in [9.17, 15) is 14.0 Å². The van der Waals surface area contributed by atoms with Crippen molar-refractivity contribution in [3.05, 3.63) is 82.1 Å². The van der Waals surface area contributed by atoms with Crippen LogP contribution in [0.25, 0.3) is 0 Å². The quantitative estimate of drug-likeness (QED) is 0.634. The Morgan fingerprint density at radius 1 is 1.14 bits per heavy atom. The minimum absolute atomic E-state index is 0.149. The highest BCUT2D eigenvalue weighted by atomic mass is 32.1. The molecule has 3 aromatic rings. The van der Waals surface area contributed by atoms with Crippen LogP contribution in [0.3, 0.4) is 0 Å². The van der Waals surface area contributed by atoms with Gasteiger partial charge in [-0.15, -0.1) is 11.3 Å². The Balaban J connectivity index is 1.46. The van der Waals surface area contributed by atoms with Crippen LogP contribution in [0.15, 0.2) is 54.7 Å². The monoisotopic (exact) mass is 397 g/mol. The first-order valence-corrected chi connectivity index (χ1v) is 9.66. The molecule has 0 saturated carbocycles. The van der Waals surface area contributed by atoms with Gasteiger partial charge in [0.15, 0.2) is 5.13 Å². The summed E-state index contributed by atoms with van der Waals surface area (Å²) in [4.78, 5) is 29.3. The lowest BCUT2D eigenvalue weighted by Gasteiger charge is -2.07. The lowest BCUT2D eigenvalue weighted by Crippen LogP contribution is -2.28. The molecule has 28 heavy (non-hydrogen) atoms. The molecule has 0 atom stereocenters. The molecule has 0 fully saturated rings. The minimum Gasteiger partial charge on any atom is -0.352 e. The van der Waals surface area contributed by atoms with Crippen LogP contribution in [0, 0.1) is 12.7 Å². The molecular weight excluding hydrogens is 377 g/mol. The number of nitrogens with one attached hydrogen (secondary N) is 2. The molecule has 1 heterocycles. The van der Waals surface area contributed by atoms with Gasteiger partial charge in [0.25, 0.3) is 5.91 Å². The predicted molar refractivity (Wildman–Crippen MR) is 108 cm³/mol. The third-order valence-corrected chi connectivity index (χ3v) is 5.01. The van der Waals surface area contributed by atoms with Gasteiger partial charge in [-0.2, -0.15) is 0 Å². The van der Waals surface area contributed by atoms with E-state index in [4.69, 9.17) is 0 Å². The van der Waals surface area contributed by atoms with Gasteiger partial charge in [0.2, 0.25) is 5.91 Å².